The molecule has 1 saturated heterocycles. The quantitative estimate of drug-likeness (QED) is 0.730. The van der Waals surface area contributed by atoms with Gasteiger partial charge in [-0.1, -0.05) is 20.8 Å². The molecule has 0 aromatic carbocycles. The Morgan fingerprint density at radius 3 is 2.42 bits per heavy atom. The van der Waals surface area contributed by atoms with Crippen LogP contribution in [0.1, 0.15) is 20.8 Å². The van der Waals surface area contributed by atoms with Crippen LogP contribution in [0, 0.1) is 5.41 Å². The molecule has 1 aliphatic rings. The van der Waals surface area contributed by atoms with Crippen LogP contribution in [0.2, 0.25) is 0 Å². The highest BCUT2D eigenvalue weighted by atomic mass is 32.2. The minimum absolute atomic E-state index is 0.234. The summed E-state index contributed by atoms with van der Waals surface area (Å²) in [5.41, 5.74) is 6.25. The van der Waals surface area contributed by atoms with E-state index in [-0.39, 0.29) is 5.41 Å². The van der Waals surface area contributed by atoms with Gasteiger partial charge in [-0.2, -0.15) is 11.8 Å². The van der Waals surface area contributed by atoms with Gasteiger partial charge in [0.05, 0.1) is 18.5 Å². The van der Waals surface area contributed by atoms with Crippen molar-refractivity contribution in [3.05, 3.63) is 0 Å². The summed E-state index contributed by atoms with van der Waals surface area (Å²) in [6.07, 6.45) is 0. The third-order valence-corrected chi connectivity index (χ3v) is 3.53. The van der Waals surface area contributed by atoms with Crippen LogP contribution in [0.4, 0.5) is 0 Å². The fraction of sp³-hybridized carbons (Fsp3) is 1.00. The lowest BCUT2D eigenvalue weighted by Crippen LogP contribution is -2.39. The fourth-order valence-electron chi connectivity index (χ4n) is 0.800. The number of nitrogens with two attached hydrogens (primary N) is 1. The summed E-state index contributed by atoms with van der Waals surface area (Å²) in [6, 6.07) is 0.295. The summed E-state index contributed by atoms with van der Waals surface area (Å²) in [5.74, 6) is 1.05. The van der Waals surface area contributed by atoms with Crippen LogP contribution in [0.15, 0.2) is 0 Å². The average molecular weight is 189 g/mol. The molecule has 1 unspecified atom stereocenters. The minimum atomic E-state index is 0.234. The van der Waals surface area contributed by atoms with Gasteiger partial charge in [-0.25, -0.2) is 0 Å². The average Bonchev–Trinajstić information content (AvgIpc) is 1.81. The Morgan fingerprint density at radius 1 is 1.50 bits per heavy atom. The molecule has 1 heterocycles. The molecule has 3 heteroatoms. The maximum absolute atomic E-state index is 6.02. The number of rotatable bonds is 3. The van der Waals surface area contributed by atoms with Crippen molar-refractivity contribution in [1.82, 2.24) is 0 Å². The number of hydrogen-bond donors (Lipinski definition) is 1. The second-order valence-electron chi connectivity index (χ2n) is 4.47. The second kappa shape index (κ2) is 3.99. The zero-order chi connectivity index (χ0) is 9.19. The summed E-state index contributed by atoms with van der Waals surface area (Å²) in [4.78, 5) is 0. The highest BCUT2D eigenvalue weighted by molar-refractivity contribution is 8.00. The Kier molecular flexibility index (Phi) is 3.44. The normalized spacial score (nSPS) is 22.0. The van der Waals surface area contributed by atoms with E-state index >= 15 is 0 Å². The Morgan fingerprint density at radius 2 is 2.08 bits per heavy atom. The predicted molar refractivity (Wildman–Crippen MR) is 54.5 cm³/mol. The van der Waals surface area contributed by atoms with Crippen molar-refractivity contribution in [3.63, 3.8) is 0 Å². The van der Waals surface area contributed by atoms with Crippen LogP contribution in [0.25, 0.3) is 0 Å². The highest BCUT2D eigenvalue weighted by Gasteiger charge is 2.24. The van der Waals surface area contributed by atoms with Gasteiger partial charge in [0.1, 0.15) is 0 Å². The van der Waals surface area contributed by atoms with Gasteiger partial charge in [-0.05, 0) is 5.41 Å². The van der Waals surface area contributed by atoms with Crippen molar-refractivity contribution in [2.75, 3.05) is 19.0 Å². The first-order valence-corrected chi connectivity index (χ1v) is 5.50. The van der Waals surface area contributed by atoms with Crippen molar-refractivity contribution in [2.45, 2.75) is 32.1 Å². The van der Waals surface area contributed by atoms with Crippen LogP contribution in [0.5, 0.6) is 0 Å². The van der Waals surface area contributed by atoms with E-state index in [1.54, 1.807) is 0 Å². The van der Waals surface area contributed by atoms with Gasteiger partial charge >= 0.3 is 0 Å². The molecule has 0 aliphatic carbocycles. The van der Waals surface area contributed by atoms with Crippen molar-refractivity contribution in [3.8, 4) is 0 Å². The third kappa shape index (κ3) is 2.96. The molecule has 0 aromatic heterocycles. The standard InChI is InChI=1S/C9H19NOS/c1-9(2,3)8(10)6-12-7-4-11-5-7/h7-8H,4-6,10H2,1-3H3. The molecule has 1 fully saturated rings. The van der Waals surface area contributed by atoms with Gasteiger partial charge in [0.15, 0.2) is 0 Å². The van der Waals surface area contributed by atoms with Gasteiger partial charge in [0.25, 0.3) is 0 Å². The smallest absolute Gasteiger partial charge is 0.0607 e. The number of thioether (sulfide) groups is 1. The maximum atomic E-state index is 6.02. The molecule has 2 N–H and O–H groups in total. The van der Waals surface area contributed by atoms with Crippen molar-refractivity contribution in [2.24, 2.45) is 11.1 Å². The number of ether oxygens (including phenoxy) is 1. The first-order valence-electron chi connectivity index (χ1n) is 4.45. The molecule has 0 radical (unpaired) electrons. The lowest BCUT2D eigenvalue weighted by molar-refractivity contribution is 0.0454. The first kappa shape index (κ1) is 10.4. The third-order valence-electron chi connectivity index (χ3n) is 2.23. The molecule has 0 amide bonds. The zero-order valence-corrected chi connectivity index (χ0v) is 8.99. The first-order chi connectivity index (χ1) is 5.50. The van der Waals surface area contributed by atoms with Gasteiger partial charge in [-0.3, -0.25) is 0 Å². The maximum Gasteiger partial charge on any atom is 0.0607 e. The van der Waals surface area contributed by atoms with Crippen molar-refractivity contribution < 1.29 is 4.74 Å². The molecule has 12 heavy (non-hydrogen) atoms. The fourth-order valence-corrected chi connectivity index (χ4v) is 2.16. The van der Waals surface area contributed by atoms with E-state index in [0.29, 0.717) is 11.3 Å². The molecular weight excluding hydrogens is 170 g/mol. The summed E-state index contributed by atoms with van der Waals surface area (Å²) in [5, 5.41) is 0.707. The van der Waals surface area contributed by atoms with Crippen LogP contribution in [-0.4, -0.2) is 30.3 Å². The van der Waals surface area contributed by atoms with E-state index in [0.717, 1.165) is 19.0 Å². The lowest BCUT2D eigenvalue weighted by Gasteiger charge is -2.31. The Balaban J connectivity index is 2.13. The molecule has 0 spiro atoms. The van der Waals surface area contributed by atoms with Gasteiger partial charge < -0.3 is 10.5 Å². The molecule has 1 atom stereocenters. The van der Waals surface area contributed by atoms with Crippen LogP contribution < -0.4 is 5.73 Å². The van der Waals surface area contributed by atoms with Crippen LogP contribution in [0.3, 0.4) is 0 Å². The Hall–Kier alpha value is 0.270. The molecule has 0 saturated carbocycles. The zero-order valence-electron chi connectivity index (χ0n) is 8.17. The van der Waals surface area contributed by atoms with E-state index < -0.39 is 0 Å². The van der Waals surface area contributed by atoms with E-state index in [2.05, 4.69) is 20.8 Å². The second-order valence-corrected chi connectivity index (χ2v) is 5.80. The molecule has 2 nitrogen and oxygen atoms in total. The minimum Gasteiger partial charge on any atom is -0.379 e. The summed E-state index contributed by atoms with van der Waals surface area (Å²) in [6.45, 7) is 8.41. The van der Waals surface area contributed by atoms with Gasteiger partial charge in [-0.15, -0.1) is 0 Å². The van der Waals surface area contributed by atoms with Crippen LogP contribution in [-0.2, 0) is 4.74 Å². The van der Waals surface area contributed by atoms with E-state index in [1.807, 2.05) is 11.8 Å². The van der Waals surface area contributed by atoms with Gasteiger partial charge in [0, 0.05) is 11.8 Å². The molecule has 0 aromatic rings. The van der Waals surface area contributed by atoms with E-state index in [1.165, 1.54) is 0 Å². The lowest BCUT2D eigenvalue weighted by atomic mass is 9.89. The largest absolute Gasteiger partial charge is 0.379 e. The van der Waals surface area contributed by atoms with E-state index in [9.17, 15) is 0 Å². The molecule has 1 rings (SSSR count). The molecule has 0 bridgehead atoms. The van der Waals surface area contributed by atoms with E-state index in [4.69, 9.17) is 10.5 Å². The Bertz CT molecular complexity index is 140. The predicted octanol–water partition coefficient (Wildman–Crippen LogP) is 1.49. The monoisotopic (exact) mass is 189 g/mol. The number of hydrogen-bond acceptors (Lipinski definition) is 3. The van der Waals surface area contributed by atoms with Gasteiger partial charge in [0.2, 0.25) is 0 Å². The molecule has 72 valence electrons. The van der Waals surface area contributed by atoms with Crippen molar-refractivity contribution in [1.29, 1.82) is 0 Å². The molecule has 1 aliphatic heterocycles. The SMILES string of the molecule is CC(C)(C)C(N)CSC1COC1. The van der Waals surface area contributed by atoms with Crippen molar-refractivity contribution >= 4 is 11.8 Å². The highest BCUT2D eigenvalue weighted by Crippen LogP contribution is 2.25. The summed E-state index contributed by atoms with van der Waals surface area (Å²) < 4.78 is 5.09. The topological polar surface area (TPSA) is 35.2 Å². The summed E-state index contributed by atoms with van der Waals surface area (Å²) >= 11 is 1.95. The summed E-state index contributed by atoms with van der Waals surface area (Å²) in [7, 11) is 0. The Labute approximate surface area is 79.2 Å². The molecular formula is C9H19NOS. The van der Waals surface area contributed by atoms with Crippen LogP contribution >= 0.6 is 11.8 Å².